The Morgan fingerprint density at radius 2 is 2.14 bits per heavy atom. The molecule has 4 N–H and O–H groups in total. The molecule has 0 saturated heterocycles. The second-order valence-electron chi connectivity index (χ2n) is 2.62. The largest absolute Gasteiger partial charge is 0.478 e. The third-order valence-electron chi connectivity index (χ3n) is 1.70. The number of hydrogen-bond donors (Lipinski definition) is 3. The van der Waals surface area contributed by atoms with Gasteiger partial charge in [-0.15, -0.1) is 0 Å². The lowest BCUT2D eigenvalue weighted by molar-refractivity contribution is -0.132. The first-order chi connectivity index (χ1) is 6.65. The van der Waals surface area contributed by atoms with E-state index < -0.39 is 11.9 Å². The fourth-order valence-corrected chi connectivity index (χ4v) is 1.02. The zero-order chi connectivity index (χ0) is 10.6. The van der Waals surface area contributed by atoms with Crippen LogP contribution in [0.1, 0.15) is 6.42 Å². The molecule has 1 rings (SSSR count). The van der Waals surface area contributed by atoms with Gasteiger partial charge in [0.2, 0.25) is 0 Å². The maximum absolute atomic E-state index is 11.2. The zero-order valence-electron chi connectivity index (χ0n) is 7.23. The molecule has 14 heavy (non-hydrogen) atoms. The van der Waals surface area contributed by atoms with Crippen molar-refractivity contribution in [2.45, 2.75) is 6.42 Å². The summed E-state index contributed by atoms with van der Waals surface area (Å²) in [4.78, 5) is 21.7. The molecule has 6 heteroatoms. The van der Waals surface area contributed by atoms with Gasteiger partial charge in [0, 0.05) is 17.6 Å². The van der Waals surface area contributed by atoms with E-state index in [1.165, 1.54) is 12.2 Å². The molecule has 1 aliphatic rings. The Morgan fingerprint density at radius 1 is 1.50 bits per heavy atom. The molecule has 0 bridgehead atoms. The number of allylic oxidation sites excluding steroid dienone is 2. The van der Waals surface area contributed by atoms with Crippen LogP contribution < -0.4 is 11.2 Å². The SMILES string of the molecule is N/N=C/NC(=O)C1=CC=C(C(=O)O)C1. The highest BCUT2D eigenvalue weighted by Gasteiger charge is 2.18. The molecule has 0 unspecified atom stereocenters. The summed E-state index contributed by atoms with van der Waals surface area (Å²) in [6, 6.07) is 0. The Hall–Kier alpha value is -2.11. The number of hydrogen-bond acceptors (Lipinski definition) is 4. The van der Waals surface area contributed by atoms with Crippen LogP contribution in [0, 0.1) is 0 Å². The fraction of sp³-hybridized carbons (Fsp3) is 0.125. The number of carboxylic acids is 1. The quantitative estimate of drug-likeness (QED) is 0.241. The van der Waals surface area contributed by atoms with E-state index in [0.717, 1.165) is 6.34 Å². The van der Waals surface area contributed by atoms with E-state index in [-0.39, 0.29) is 12.0 Å². The van der Waals surface area contributed by atoms with Gasteiger partial charge >= 0.3 is 5.97 Å². The van der Waals surface area contributed by atoms with Crippen LogP contribution in [0.4, 0.5) is 0 Å². The monoisotopic (exact) mass is 195 g/mol. The maximum atomic E-state index is 11.2. The van der Waals surface area contributed by atoms with E-state index >= 15 is 0 Å². The van der Waals surface area contributed by atoms with Crippen molar-refractivity contribution in [3.63, 3.8) is 0 Å². The number of nitrogens with one attached hydrogen (secondary N) is 1. The number of hydrazone groups is 1. The molecular formula is C8H9N3O3. The van der Waals surface area contributed by atoms with Crippen molar-refractivity contribution >= 4 is 18.2 Å². The van der Waals surface area contributed by atoms with E-state index in [9.17, 15) is 9.59 Å². The molecule has 0 aliphatic heterocycles. The van der Waals surface area contributed by atoms with Gasteiger partial charge in [-0.2, -0.15) is 5.10 Å². The minimum Gasteiger partial charge on any atom is -0.478 e. The Balaban J connectivity index is 2.53. The molecule has 6 nitrogen and oxygen atoms in total. The Bertz CT molecular complexity index is 355. The molecule has 0 spiro atoms. The number of aliphatic carboxylic acids is 1. The van der Waals surface area contributed by atoms with Gasteiger partial charge in [0.25, 0.3) is 5.91 Å². The molecule has 0 fully saturated rings. The first kappa shape index (κ1) is 9.97. The smallest absolute Gasteiger partial charge is 0.331 e. The number of amides is 1. The van der Waals surface area contributed by atoms with Gasteiger partial charge in [-0.05, 0) is 0 Å². The standard InChI is InChI=1S/C8H9N3O3/c9-11-4-10-7(12)5-1-2-6(3-5)8(13)14/h1-2,4H,3,9H2,(H,13,14)(H,10,11,12). The minimum absolute atomic E-state index is 0.125. The summed E-state index contributed by atoms with van der Waals surface area (Å²) in [5, 5.41) is 14.0. The molecule has 1 aliphatic carbocycles. The molecule has 0 aromatic rings. The van der Waals surface area contributed by atoms with Crippen LogP contribution in [0.15, 0.2) is 28.4 Å². The van der Waals surface area contributed by atoms with Gasteiger partial charge in [0.1, 0.15) is 6.34 Å². The molecule has 1 amide bonds. The average molecular weight is 195 g/mol. The van der Waals surface area contributed by atoms with Crippen LogP contribution >= 0.6 is 0 Å². The van der Waals surface area contributed by atoms with Crippen molar-refractivity contribution in [1.82, 2.24) is 5.32 Å². The first-order valence-corrected chi connectivity index (χ1v) is 3.80. The fourth-order valence-electron chi connectivity index (χ4n) is 1.02. The third kappa shape index (κ3) is 2.19. The van der Waals surface area contributed by atoms with Crippen LogP contribution in [-0.2, 0) is 9.59 Å². The van der Waals surface area contributed by atoms with Gasteiger partial charge in [-0.3, -0.25) is 4.79 Å². The molecule has 74 valence electrons. The average Bonchev–Trinajstić information content (AvgIpc) is 2.62. The molecule has 0 aromatic heterocycles. The lowest BCUT2D eigenvalue weighted by atomic mass is 10.1. The highest BCUT2D eigenvalue weighted by molar-refractivity contribution is 6.03. The highest BCUT2D eigenvalue weighted by Crippen LogP contribution is 2.18. The van der Waals surface area contributed by atoms with E-state index in [4.69, 9.17) is 10.9 Å². The molecule has 0 aromatic carbocycles. The first-order valence-electron chi connectivity index (χ1n) is 3.80. The second kappa shape index (κ2) is 4.22. The Kier molecular flexibility index (Phi) is 3.01. The molecule has 0 atom stereocenters. The van der Waals surface area contributed by atoms with Crippen molar-refractivity contribution in [1.29, 1.82) is 0 Å². The van der Waals surface area contributed by atoms with Gasteiger partial charge < -0.3 is 16.3 Å². The van der Waals surface area contributed by atoms with Crippen LogP contribution in [0.3, 0.4) is 0 Å². The van der Waals surface area contributed by atoms with E-state index in [2.05, 4.69) is 10.4 Å². The molecule has 0 saturated carbocycles. The number of rotatable bonds is 3. The van der Waals surface area contributed by atoms with Gasteiger partial charge in [-0.1, -0.05) is 12.2 Å². The predicted molar refractivity (Wildman–Crippen MR) is 49.2 cm³/mol. The zero-order valence-corrected chi connectivity index (χ0v) is 7.23. The number of nitrogens with two attached hydrogens (primary N) is 1. The number of nitrogens with zero attached hydrogens (tertiary/aromatic N) is 1. The summed E-state index contributed by atoms with van der Waals surface area (Å²) in [6.45, 7) is 0. The van der Waals surface area contributed by atoms with Crippen molar-refractivity contribution in [3.8, 4) is 0 Å². The van der Waals surface area contributed by atoms with Crippen molar-refractivity contribution in [3.05, 3.63) is 23.3 Å². The van der Waals surface area contributed by atoms with E-state index in [1.807, 2.05) is 0 Å². The number of carbonyl (C=O) groups is 2. The van der Waals surface area contributed by atoms with Crippen molar-refractivity contribution < 1.29 is 14.7 Å². The third-order valence-corrected chi connectivity index (χ3v) is 1.70. The molecular weight excluding hydrogens is 186 g/mol. The summed E-state index contributed by atoms with van der Waals surface area (Å²) in [5.41, 5.74) is 0.571. The normalized spacial score (nSPS) is 15.1. The summed E-state index contributed by atoms with van der Waals surface area (Å²) >= 11 is 0. The van der Waals surface area contributed by atoms with Crippen molar-refractivity contribution in [2.24, 2.45) is 10.9 Å². The molecule has 0 heterocycles. The van der Waals surface area contributed by atoms with Crippen molar-refractivity contribution in [2.75, 3.05) is 0 Å². The van der Waals surface area contributed by atoms with Crippen LogP contribution in [0.5, 0.6) is 0 Å². The Morgan fingerprint density at radius 3 is 2.64 bits per heavy atom. The summed E-state index contributed by atoms with van der Waals surface area (Å²) < 4.78 is 0. The summed E-state index contributed by atoms with van der Waals surface area (Å²) in [7, 11) is 0. The number of carbonyl (C=O) groups excluding carboxylic acids is 1. The topological polar surface area (TPSA) is 105 Å². The van der Waals surface area contributed by atoms with Gasteiger partial charge in [-0.25, -0.2) is 4.79 Å². The lowest BCUT2D eigenvalue weighted by Gasteiger charge is -2.00. The predicted octanol–water partition coefficient (Wildman–Crippen LogP) is -0.654. The van der Waals surface area contributed by atoms with E-state index in [1.54, 1.807) is 0 Å². The van der Waals surface area contributed by atoms with Crippen LogP contribution in [-0.4, -0.2) is 23.3 Å². The lowest BCUT2D eigenvalue weighted by Crippen LogP contribution is -2.23. The summed E-state index contributed by atoms with van der Waals surface area (Å²) in [6.07, 6.45) is 4.03. The van der Waals surface area contributed by atoms with E-state index in [0.29, 0.717) is 5.57 Å². The highest BCUT2D eigenvalue weighted by atomic mass is 16.4. The van der Waals surface area contributed by atoms with Gasteiger partial charge in [0.05, 0.1) is 0 Å². The summed E-state index contributed by atoms with van der Waals surface area (Å²) in [5.74, 6) is 3.37. The van der Waals surface area contributed by atoms with Crippen LogP contribution in [0.25, 0.3) is 0 Å². The van der Waals surface area contributed by atoms with Gasteiger partial charge in [0.15, 0.2) is 0 Å². The maximum Gasteiger partial charge on any atom is 0.331 e. The second-order valence-corrected chi connectivity index (χ2v) is 2.62. The molecule has 0 radical (unpaired) electrons. The Labute approximate surface area is 79.8 Å². The minimum atomic E-state index is -1.02. The number of carboxylic acid groups (broad SMARTS) is 1. The van der Waals surface area contributed by atoms with Crippen LogP contribution in [0.2, 0.25) is 0 Å².